The molecule has 0 N–H and O–H groups in total. The van der Waals surface area contributed by atoms with Crippen LogP contribution in [0.15, 0.2) is 133 Å². The van der Waals surface area contributed by atoms with Gasteiger partial charge in [-0.2, -0.15) is 0 Å². The van der Waals surface area contributed by atoms with Crippen LogP contribution in [0.3, 0.4) is 0 Å². The fraction of sp³-hybridized carbons (Fsp3) is 0.286. The molecule has 3 aliphatic heterocycles. The third kappa shape index (κ3) is 13.2. The van der Waals surface area contributed by atoms with Gasteiger partial charge in [0.1, 0.15) is 49.4 Å². The maximum atomic E-state index is 6.08. The standard InChI is InChI=1S/C56H54O10/c1-2-8-48-47(7-1)51-25-19-43-15-21-45(22-16-43)63-39-35-59-31-27-57-29-33-61-37-41-65-55-13-5-12-54-53(55)11-6-14-56(54)66-42-38-62-34-30-58-28-32-60-36-40-64-46-23-17-44(18-24-46)20-26-52(48)50-10-4-3-9-49(50)51/h1-18,21-24H,27-42H2. The molecule has 10 bridgehead atoms. The lowest BCUT2D eigenvalue weighted by molar-refractivity contribution is 0.00500. The van der Waals surface area contributed by atoms with Gasteiger partial charge in [0.05, 0.1) is 79.3 Å². The molecule has 10 rings (SSSR count). The van der Waals surface area contributed by atoms with Gasteiger partial charge in [-0.15, -0.1) is 0 Å². The minimum Gasteiger partial charge on any atom is -0.491 e. The van der Waals surface area contributed by atoms with Crippen molar-refractivity contribution in [3.8, 4) is 46.7 Å². The Hall–Kier alpha value is -6.60. The zero-order valence-corrected chi connectivity index (χ0v) is 37.1. The van der Waals surface area contributed by atoms with Crippen LogP contribution in [0.2, 0.25) is 0 Å². The van der Waals surface area contributed by atoms with Gasteiger partial charge in [0.15, 0.2) is 0 Å². The van der Waals surface area contributed by atoms with Crippen LogP contribution in [0, 0.1) is 23.7 Å². The van der Waals surface area contributed by atoms with E-state index in [1.165, 1.54) is 0 Å². The van der Waals surface area contributed by atoms with Crippen molar-refractivity contribution in [3.05, 3.63) is 156 Å². The molecule has 0 aliphatic carbocycles. The maximum Gasteiger partial charge on any atom is 0.127 e. The van der Waals surface area contributed by atoms with Crippen LogP contribution in [0.4, 0.5) is 0 Å². The van der Waals surface area contributed by atoms with E-state index in [0.717, 1.165) is 77.6 Å². The van der Waals surface area contributed by atoms with Crippen LogP contribution in [-0.4, -0.2) is 106 Å². The third-order valence-corrected chi connectivity index (χ3v) is 10.6. The highest BCUT2D eigenvalue weighted by Gasteiger charge is 2.12. The van der Waals surface area contributed by atoms with Crippen LogP contribution < -0.4 is 18.9 Å². The summed E-state index contributed by atoms with van der Waals surface area (Å²) in [6.45, 7) is 7.16. The second-order valence-electron chi connectivity index (χ2n) is 15.1. The zero-order chi connectivity index (χ0) is 44.9. The van der Waals surface area contributed by atoms with E-state index in [-0.39, 0.29) is 0 Å². The van der Waals surface area contributed by atoms with E-state index in [1.54, 1.807) is 0 Å². The van der Waals surface area contributed by atoms with Crippen molar-refractivity contribution >= 4 is 32.3 Å². The quantitative estimate of drug-likeness (QED) is 0.108. The van der Waals surface area contributed by atoms with Crippen molar-refractivity contribution in [1.29, 1.82) is 0 Å². The summed E-state index contributed by atoms with van der Waals surface area (Å²) in [6.07, 6.45) is 0. The number of ether oxygens (including phenoxy) is 10. The fourth-order valence-corrected chi connectivity index (χ4v) is 7.38. The minimum absolute atomic E-state index is 0.411. The van der Waals surface area contributed by atoms with Crippen molar-refractivity contribution in [1.82, 2.24) is 0 Å². The summed E-state index contributed by atoms with van der Waals surface area (Å²) < 4.78 is 58.3. The molecule has 0 saturated heterocycles. The number of rotatable bonds is 0. The molecule has 0 fully saturated rings. The van der Waals surface area contributed by atoms with E-state index in [1.807, 2.05) is 109 Å². The molecule has 0 spiro atoms. The van der Waals surface area contributed by atoms with Gasteiger partial charge in [0, 0.05) is 33.0 Å². The Morgan fingerprint density at radius 3 is 0.864 bits per heavy atom. The molecule has 3 heterocycles. The summed E-state index contributed by atoms with van der Waals surface area (Å²) >= 11 is 0. The summed E-state index contributed by atoms with van der Waals surface area (Å²) in [6, 6.07) is 44.2. The van der Waals surface area contributed by atoms with Gasteiger partial charge in [0.2, 0.25) is 0 Å². The van der Waals surface area contributed by atoms with Crippen LogP contribution in [0.1, 0.15) is 22.3 Å². The normalized spacial score (nSPS) is 15.9. The average Bonchev–Trinajstić information content (AvgIpc) is 3.36. The predicted molar refractivity (Wildman–Crippen MR) is 257 cm³/mol. The lowest BCUT2D eigenvalue weighted by Gasteiger charge is -2.13. The molecule has 0 amide bonds. The molecule has 0 atom stereocenters. The monoisotopic (exact) mass is 886 g/mol. The van der Waals surface area contributed by atoms with Gasteiger partial charge in [-0.3, -0.25) is 0 Å². The lowest BCUT2D eigenvalue weighted by Crippen LogP contribution is -2.14. The second kappa shape index (κ2) is 25.2. The van der Waals surface area contributed by atoms with Gasteiger partial charge in [-0.1, -0.05) is 96.5 Å². The van der Waals surface area contributed by atoms with E-state index in [9.17, 15) is 0 Å². The van der Waals surface area contributed by atoms with Crippen molar-refractivity contribution < 1.29 is 47.4 Å². The number of hydrogen-bond donors (Lipinski definition) is 0. The molecule has 66 heavy (non-hydrogen) atoms. The fourth-order valence-electron chi connectivity index (χ4n) is 7.38. The molecule has 10 heteroatoms. The van der Waals surface area contributed by atoms with E-state index in [4.69, 9.17) is 47.4 Å². The van der Waals surface area contributed by atoms with Gasteiger partial charge in [0.25, 0.3) is 0 Å². The molecule has 0 unspecified atom stereocenters. The number of hydrogen-bond acceptors (Lipinski definition) is 10. The van der Waals surface area contributed by atoms with E-state index < -0.39 is 0 Å². The first kappa shape index (κ1) is 45.9. The molecular weight excluding hydrogens is 833 g/mol. The average molecular weight is 887 g/mol. The molecule has 10 nitrogen and oxygen atoms in total. The Labute approximate surface area is 386 Å². The largest absolute Gasteiger partial charge is 0.491 e. The summed E-state index contributed by atoms with van der Waals surface area (Å²) in [5.74, 6) is 16.8. The number of benzene rings is 7. The first-order chi connectivity index (χ1) is 32.8. The molecule has 7 aromatic rings. The highest BCUT2D eigenvalue weighted by molar-refractivity contribution is 6.09. The Kier molecular flexibility index (Phi) is 17.5. The first-order valence-electron chi connectivity index (χ1n) is 22.5. The molecule has 0 radical (unpaired) electrons. The Bertz CT molecular complexity index is 2500. The lowest BCUT2D eigenvalue weighted by atomic mass is 9.92. The zero-order valence-electron chi connectivity index (χ0n) is 37.1. The minimum atomic E-state index is 0.411. The molecule has 3 aliphatic rings. The summed E-state index contributed by atoms with van der Waals surface area (Å²) in [5.41, 5.74) is 3.71. The highest BCUT2D eigenvalue weighted by Crippen LogP contribution is 2.34. The van der Waals surface area contributed by atoms with Crippen molar-refractivity contribution in [3.63, 3.8) is 0 Å². The first-order valence-corrected chi connectivity index (χ1v) is 22.5. The van der Waals surface area contributed by atoms with Gasteiger partial charge >= 0.3 is 0 Å². The smallest absolute Gasteiger partial charge is 0.127 e. The SMILES string of the molecule is C1#Cc2c3ccccc3c(c3ccccc23)C#Cc2ccc(cc2)OCCOCCOCCOCCOc2cccc3c(cccc23)OCCOCCOCCOCCOc2ccc1cc2. The maximum absolute atomic E-state index is 6.08. The van der Waals surface area contributed by atoms with Gasteiger partial charge in [-0.05, 0) is 82.2 Å². The molecule has 0 aromatic heterocycles. The third-order valence-electron chi connectivity index (χ3n) is 10.6. The Morgan fingerprint density at radius 2 is 0.530 bits per heavy atom. The highest BCUT2D eigenvalue weighted by atomic mass is 16.6. The topological polar surface area (TPSA) is 92.3 Å². The van der Waals surface area contributed by atoms with Crippen LogP contribution in [0.5, 0.6) is 23.0 Å². The van der Waals surface area contributed by atoms with E-state index in [0.29, 0.717) is 106 Å². The summed E-state index contributed by atoms with van der Waals surface area (Å²) in [5, 5.41) is 6.17. The summed E-state index contributed by atoms with van der Waals surface area (Å²) in [4.78, 5) is 0. The van der Waals surface area contributed by atoms with E-state index in [2.05, 4.69) is 47.9 Å². The van der Waals surface area contributed by atoms with Gasteiger partial charge < -0.3 is 47.4 Å². The van der Waals surface area contributed by atoms with E-state index >= 15 is 0 Å². The van der Waals surface area contributed by atoms with Crippen LogP contribution in [-0.2, 0) is 28.4 Å². The second-order valence-corrected chi connectivity index (χ2v) is 15.1. The summed E-state index contributed by atoms with van der Waals surface area (Å²) in [7, 11) is 0. The predicted octanol–water partition coefficient (Wildman–Crippen LogP) is 9.27. The van der Waals surface area contributed by atoms with Crippen molar-refractivity contribution in [2.24, 2.45) is 0 Å². The Morgan fingerprint density at radius 1 is 0.242 bits per heavy atom. The van der Waals surface area contributed by atoms with Crippen molar-refractivity contribution in [2.75, 3.05) is 106 Å². The van der Waals surface area contributed by atoms with Crippen LogP contribution >= 0.6 is 0 Å². The Balaban J connectivity index is 0.879. The molecule has 7 aromatic carbocycles. The molecule has 338 valence electrons. The van der Waals surface area contributed by atoms with Gasteiger partial charge in [-0.25, -0.2) is 0 Å². The van der Waals surface area contributed by atoms with Crippen LogP contribution in [0.25, 0.3) is 32.3 Å². The number of fused-ring (bicyclic) bond motifs is 3. The molecule has 0 saturated carbocycles. The molecular formula is C56H54O10. The van der Waals surface area contributed by atoms with Crippen molar-refractivity contribution in [2.45, 2.75) is 0 Å².